The van der Waals surface area contributed by atoms with E-state index in [1.807, 2.05) is 13.8 Å². The largest absolute Gasteiger partial charge is 0.352 e. The van der Waals surface area contributed by atoms with Crippen molar-refractivity contribution in [3.63, 3.8) is 0 Å². The molecule has 2 rings (SSSR count). The fraction of sp³-hybridized carbons (Fsp3) is 0.812. The summed E-state index contributed by atoms with van der Waals surface area (Å²) in [6.45, 7) is 5.95. The van der Waals surface area contributed by atoms with Gasteiger partial charge in [0.1, 0.15) is 12.1 Å². The van der Waals surface area contributed by atoms with Crippen LogP contribution in [0.25, 0.3) is 0 Å². The molecular weight excluding hydrogens is 282 g/mol. The smallest absolute Gasteiger partial charge is 0.325 e. The summed E-state index contributed by atoms with van der Waals surface area (Å²) in [5.41, 5.74) is -0.765. The standard InChI is InChI=1S/C16H27N3O3/c1-4-5-12(3)17-13(20)10-19-14(21)16(18-15(19)22)8-6-11(2)7-9-16/h11-12H,4-10H2,1-3H3,(H,17,20)(H,18,22)/t11?,12-,16?/m1/s1. The first-order chi connectivity index (χ1) is 10.4. The normalized spacial score (nSPS) is 29.6. The van der Waals surface area contributed by atoms with E-state index in [4.69, 9.17) is 0 Å². The van der Waals surface area contributed by atoms with Crippen LogP contribution in [0.2, 0.25) is 0 Å². The van der Waals surface area contributed by atoms with Crippen molar-refractivity contribution < 1.29 is 14.4 Å². The Balaban J connectivity index is 1.96. The molecule has 0 aromatic carbocycles. The lowest BCUT2D eigenvalue weighted by Gasteiger charge is -2.33. The molecule has 0 unspecified atom stereocenters. The molecule has 0 aromatic rings. The fourth-order valence-electron chi connectivity index (χ4n) is 3.38. The molecule has 0 bridgehead atoms. The van der Waals surface area contributed by atoms with Gasteiger partial charge < -0.3 is 10.6 Å². The van der Waals surface area contributed by atoms with Gasteiger partial charge in [0.25, 0.3) is 5.91 Å². The molecule has 124 valence electrons. The summed E-state index contributed by atoms with van der Waals surface area (Å²) in [6.07, 6.45) is 5.06. The third kappa shape index (κ3) is 3.42. The van der Waals surface area contributed by atoms with Crippen LogP contribution in [0.3, 0.4) is 0 Å². The number of imide groups is 1. The first-order valence-electron chi connectivity index (χ1n) is 8.31. The molecule has 1 aliphatic carbocycles. The van der Waals surface area contributed by atoms with Crippen molar-refractivity contribution in [1.82, 2.24) is 15.5 Å². The maximum atomic E-state index is 12.6. The molecular formula is C16H27N3O3. The molecule has 1 spiro atoms. The molecule has 1 saturated heterocycles. The molecule has 0 aromatic heterocycles. The Morgan fingerprint density at radius 2 is 2.05 bits per heavy atom. The van der Waals surface area contributed by atoms with E-state index >= 15 is 0 Å². The molecule has 6 nitrogen and oxygen atoms in total. The molecule has 4 amide bonds. The van der Waals surface area contributed by atoms with Crippen LogP contribution in [0.1, 0.15) is 59.3 Å². The van der Waals surface area contributed by atoms with Crippen LogP contribution in [0.4, 0.5) is 4.79 Å². The van der Waals surface area contributed by atoms with Crippen LogP contribution in [0.5, 0.6) is 0 Å². The van der Waals surface area contributed by atoms with Gasteiger partial charge in [-0.3, -0.25) is 14.5 Å². The van der Waals surface area contributed by atoms with Crippen LogP contribution in [-0.2, 0) is 9.59 Å². The highest BCUT2D eigenvalue weighted by Gasteiger charge is 2.52. The van der Waals surface area contributed by atoms with Crippen molar-refractivity contribution in [3.8, 4) is 0 Å². The minimum atomic E-state index is -0.765. The summed E-state index contributed by atoms with van der Waals surface area (Å²) in [7, 11) is 0. The molecule has 0 radical (unpaired) electrons. The molecule has 6 heteroatoms. The van der Waals surface area contributed by atoms with Crippen molar-refractivity contribution in [1.29, 1.82) is 0 Å². The number of nitrogens with one attached hydrogen (secondary N) is 2. The van der Waals surface area contributed by atoms with Gasteiger partial charge in [0.05, 0.1) is 0 Å². The highest BCUT2D eigenvalue weighted by atomic mass is 16.2. The Hall–Kier alpha value is -1.59. The summed E-state index contributed by atoms with van der Waals surface area (Å²) in [5.74, 6) is 0.0796. The second-order valence-electron chi connectivity index (χ2n) is 6.84. The Morgan fingerprint density at radius 3 is 2.64 bits per heavy atom. The minimum Gasteiger partial charge on any atom is -0.352 e. The predicted molar refractivity (Wildman–Crippen MR) is 83.1 cm³/mol. The van der Waals surface area contributed by atoms with Crippen LogP contribution in [0.15, 0.2) is 0 Å². The average molecular weight is 309 g/mol. The van der Waals surface area contributed by atoms with E-state index in [0.717, 1.165) is 30.6 Å². The molecule has 1 atom stereocenters. The molecule has 1 saturated carbocycles. The second-order valence-corrected chi connectivity index (χ2v) is 6.84. The van der Waals surface area contributed by atoms with Crippen molar-refractivity contribution in [3.05, 3.63) is 0 Å². The average Bonchev–Trinajstić information content (AvgIpc) is 2.67. The third-order valence-corrected chi connectivity index (χ3v) is 4.80. The SMILES string of the molecule is CCC[C@@H](C)NC(=O)CN1C(=O)NC2(CCC(C)CC2)C1=O. The Labute approximate surface area is 132 Å². The number of nitrogens with zero attached hydrogens (tertiary/aromatic N) is 1. The van der Waals surface area contributed by atoms with E-state index in [9.17, 15) is 14.4 Å². The molecule has 1 heterocycles. The van der Waals surface area contributed by atoms with Gasteiger partial charge in [-0.2, -0.15) is 0 Å². The lowest BCUT2D eigenvalue weighted by molar-refractivity contribution is -0.136. The van der Waals surface area contributed by atoms with E-state index in [2.05, 4.69) is 17.6 Å². The molecule has 1 aliphatic heterocycles. The van der Waals surface area contributed by atoms with E-state index in [0.29, 0.717) is 18.8 Å². The Morgan fingerprint density at radius 1 is 1.41 bits per heavy atom. The van der Waals surface area contributed by atoms with Gasteiger partial charge in [0.15, 0.2) is 0 Å². The van der Waals surface area contributed by atoms with Crippen molar-refractivity contribution in [2.75, 3.05) is 6.54 Å². The zero-order valence-corrected chi connectivity index (χ0v) is 13.8. The topological polar surface area (TPSA) is 78.5 Å². The van der Waals surface area contributed by atoms with Gasteiger partial charge >= 0.3 is 6.03 Å². The van der Waals surface area contributed by atoms with E-state index in [-0.39, 0.29) is 24.4 Å². The summed E-state index contributed by atoms with van der Waals surface area (Å²) in [6, 6.07) is -0.374. The number of rotatable bonds is 5. The maximum Gasteiger partial charge on any atom is 0.325 e. The van der Waals surface area contributed by atoms with Gasteiger partial charge in [-0.25, -0.2) is 4.79 Å². The van der Waals surface area contributed by atoms with Crippen LogP contribution < -0.4 is 10.6 Å². The summed E-state index contributed by atoms with van der Waals surface area (Å²) >= 11 is 0. The highest BCUT2D eigenvalue weighted by Crippen LogP contribution is 2.36. The highest BCUT2D eigenvalue weighted by molar-refractivity contribution is 6.09. The number of hydrogen-bond acceptors (Lipinski definition) is 3. The summed E-state index contributed by atoms with van der Waals surface area (Å²) in [5, 5.41) is 5.67. The number of carbonyl (C=O) groups is 3. The minimum absolute atomic E-state index is 0.0581. The fourth-order valence-corrected chi connectivity index (χ4v) is 3.38. The van der Waals surface area contributed by atoms with Gasteiger partial charge in [-0.1, -0.05) is 20.3 Å². The van der Waals surface area contributed by atoms with Crippen LogP contribution in [0, 0.1) is 5.92 Å². The lowest BCUT2D eigenvalue weighted by Crippen LogP contribution is -2.50. The number of hydrogen-bond donors (Lipinski definition) is 2. The number of urea groups is 1. The van der Waals surface area contributed by atoms with Gasteiger partial charge in [0, 0.05) is 6.04 Å². The lowest BCUT2D eigenvalue weighted by atomic mass is 9.77. The van der Waals surface area contributed by atoms with E-state index in [1.165, 1.54) is 0 Å². The zero-order chi connectivity index (χ0) is 16.3. The molecule has 2 N–H and O–H groups in total. The molecule has 2 fully saturated rings. The van der Waals surface area contributed by atoms with Gasteiger partial charge in [-0.05, 0) is 44.9 Å². The van der Waals surface area contributed by atoms with Gasteiger partial charge in [0.2, 0.25) is 5.91 Å². The monoisotopic (exact) mass is 309 g/mol. The van der Waals surface area contributed by atoms with E-state index in [1.54, 1.807) is 0 Å². The molecule has 22 heavy (non-hydrogen) atoms. The molecule has 2 aliphatic rings. The zero-order valence-electron chi connectivity index (χ0n) is 13.8. The quantitative estimate of drug-likeness (QED) is 0.760. The van der Waals surface area contributed by atoms with Crippen molar-refractivity contribution in [2.24, 2.45) is 5.92 Å². The Kier molecular flexibility index (Phi) is 5.08. The van der Waals surface area contributed by atoms with Crippen LogP contribution in [-0.4, -0.2) is 40.9 Å². The summed E-state index contributed by atoms with van der Waals surface area (Å²) in [4.78, 5) is 37.8. The summed E-state index contributed by atoms with van der Waals surface area (Å²) < 4.78 is 0. The van der Waals surface area contributed by atoms with Crippen molar-refractivity contribution >= 4 is 17.8 Å². The first kappa shape index (κ1) is 16.8. The Bertz CT molecular complexity index is 456. The van der Waals surface area contributed by atoms with Gasteiger partial charge in [-0.15, -0.1) is 0 Å². The first-order valence-corrected chi connectivity index (χ1v) is 8.31. The van der Waals surface area contributed by atoms with E-state index < -0.39 is 11.6 Å². The van der Waals surface area contributed by atoms with Crippen LogP contribution >= 0.6 is 0 Å². The maximum absolute atomic E-state index is 12.6. The van der Waals surface area contributed by atoms with Crippen molar-refractivity contribution in [2.45, 2.75) is 70.9 Å². The second kappa shape index (κ2) is 6.67. The number of carbonyl (C=O) groups excluding carboxylic acids is 3. The predicted octanol–water partition coefficient (Wildman–Crippen LogP) is 1.79. The number of amides is 4. The third-order valence-electron chi connectivity index (χ3n) is 4.80.